The van der Waals surface area contributed by atoms with Crippen LogP contribution in [0.15, 0.2) is 35.2 Å². The smallest absolute Gasteiger partial charge is 0.111 e. The fourth-order valence-electron chi connectivity index (χ4n) is 1.20. The second-order valence-electron chi connectivity index (χ2n) is 4.80. The number of benzene rings is 1. The third-order valence-corrected chi connectivity index (χ3v) is 3.36. The summed E-state index contributed by atoms with van der Waals surface area (Å²) in [5.74, 6) is 0. The highest BCUT2D eigenvalue weighted by molar-refractivity contribution is 8.00. The minimum Gasteiger partial charge on any atom is -0.313 e. The summed E-state index contributed by atoms with van der Waals surface area (Å²) in [6.45, 7) is 6.07. The van der Waals surface area contributed by atoms with Crippen LogP contribution in [0.5, 0.6) is 0 Å². The Kier molecular flexibility index (Phi) is 5.01. The van der Waals surface area contributed by atoms with E-state index in [-0.39, 0.29) is 10.8 Å². The van der Waals surface area contributed by atoms with Crippen molar-refractivity contribution in [3.63, 3.8) is 0 Å². The van der Waals surface area contributed by atoms with E-state index in [4.69, 9.17) is 5.26 Å². The fourth-order valence-corrected chi connectivity index (χ4v) is 2.11. The maximum atomic E-state index is 9.83. The van der Waals surface area contributed by atoms with Gasteiger partial charge in [0.25, 0.3) is 0 Å². The molecule has 0 aromatic heterocycles. The Labute approximate surface area is 107 Å². The first-order valence-corrected chi connectivity index (χ1v) is 6.39. The van der Waals surface area contributed by atoms with E-state index in [0.29, 0.717) is 6.54 Å². The number of nitrogens with zero attached hydrogens (tertiary/aromatic N) is 2. The maximum Gasteiger partial charge on any atom is 0.111 e. The third-order valence-electron chi connectivity index (χ3n) is 2.28. The topological polar surface area (TPSA) is 47.3 Å². The summed E-state index contributed by atoms with van der Waals surface area (Å²) in [6.07, 6.45) is 0. The van der Waals surface area contributed by atoms with Crippen molar-refractivity contribution in [2.75, 3.05) is 6.54 Å². The fraction of sp³-hybridized carbons (Fsp3) is 0.462. The molecule has 0 heterocycles. The summed E-state index contributed by atoms with van der Waals surface area (Å²) < 4.78 is 0. The highest BCUT2D eigenvalue weighted by atomic mass is 32.2. The van der Waals surface area contributed by atoms with Crippen LogP contribution in [-0.4, -0.2) is 27.6 Å². The van der Waals surface area contributed by atoms with Gasteiger partial charge in [-0.15, -0.1) is 11.8 Å². The van der Waals surface area contributed by atoms with E-state index in [1.54, 1.807) is 0 Å². The first kappa shape index (κ1) is 14.0. The van der Waals surface area contributed by atoms with Gasteiger partial charge in [-0.1, -0.05) is 18.2 Å². The molecule has 4 heteroatoms. The van der Waals surface area contributed by atoms with Crippen LogP contribution in [0.1, 0.15) is 20.8 Å². The lowest BCUT2D eigenvalue weighted by atomic mass is 10.1. The Morgan fingerprint density at radius 2 is 1.94 bits per heavy atom. The van der Waals surface area contributed by atoms with Gasteiger partial charge in [-0.25, -0.2) is 0 Å². The van der Waals surface area contributed by atoms with Crippen LogP contribution < -0.4 is 0 Å². The van der Waals surface area contributed by atoms with Crippen LogP contribution in [0.3, 0.4) is 0 Å². The molecule has 0 aliphatic heterocycles. The van der Waals surface area contributed by atoms with Gasteiger partial charge in [0.15, 0.2) is 0 Å². The van der Waals surface area contributed by atoms with Gasteiger partial charge in [0.2, 0.25) is 0 Å². The minimum atomic E-state index is -0.341. The molecule has 0 aliphatic carbocycles. The molecule has 1 aromatic rings. The Morgan fingerprint density at radius 3 is 2.41 bits per heavy atom. The molecule has 17 heavy (non-hydrogen) atoms. The summed E-state index contributed by atoms with van der Waals surface area (Å²) in [7, 11) is 0. The molecule has 92 valence electrons. The van der Waals surface area contributed by atoms with Crippen molar-refractivity contribution in [3.05, 3.63) is 30.3 Å². The summed E-state index contributed by atoms with van der Waals surface area (Å²) in [4.78, 5) is 1.04. The van der Waals surface area contributed by atoms with Gasteiger partial charge in [-0.05, 0) is 32.9 Å². The number of nitriles is 1. The first-order chi connectivity index (χ1) is 7.93. The number of hydroxylamine groups is 2. The summed E-state index contributed by atoms with van der Waals surface area (Å²) in [5.41, 5.74) is -0.341. The van der Waals surface area contributed by atoms with Crippen molar-refractivity contribution >= 4 is 11.8 Å². The number of hydrogen-bond donors (Lipinski definition) is 1. The Hall–Kier alpha value is -1.02. The van der Waals surface area contributed by atoms with Crippen molar-refractivity contribution < 1.29 is 5.21 Å². The van der Waals surface area contributed by atoms with Gasteiger partial charge in [0, 0.05) is 17.0 Å². The van der Waals surface area contributed by atoms with Gasteiger partial charge in [0.05, 0.1) is 6.07 Å². The molecule has 0 aliphatic rings. The third kappa shape index (κ3) is 4.78. The molecular formula is C13H18N2OS. The van der Waals surface area contributed by atoms with Crippen LogP contribution in [0.2, 0.25) is 0 Å². The van der Waals surface area contributed by atoms with E-state index in [1.165, 1.54) is 16.8 Å². The summed E-state index contributed by atoms with van der Waals surface area (Å²) in [6, 6.07) is 12.0. The van der Waals surface area contributed by atoms with Gasteiger partial charge in [-0.2, -0.15) is 10.3 Å². The molecule has 3 nitrogen and oxygen atoms in total. The number of hydrogen-bond acceptors (Lipinski definition) is 4. The first-order valence-electron chi connectivity index (χ1n) is 5.51. The number of rotatable bonds is 4. The molecule has 1 atom stereocenters. The van der Waals surface area contributed by atoms with E-state index in [1.807, 2.05) is 51.1 Å². The van der Waals surface area contributed by atoms with Crippen LogP contribution in [0.25, 0.3) is 0 Å². The summed E-state index contributed by atoms with van der Waals surface area (Å²) in [5, 5.41) is 19.9. The van der Waals surface area contributed by atoms with Crippen LogP contribution in [0.4, 0.5) is 0 Å². The average Bonchev–Trinajstić information content (AvgIpc) is 2.28. The van der Waals surface area contributed by atoms with Crippen LogP contribution in [0, 0.1) is 11.3 Å². The molecule has 1 rings (SSSR count). The Morgan fingerprint density at radius 1 is 1.35 bits per heavy atom. The van der Waals surface area contributed by atoms with E-state index < -0.39 is 0 Å². The Balaban J connectivity index is 2.60. The largest absolute Gasteiger partial charge is 0.313 e. The van der Waals surface area contributed by atoms with Crippen molar-refractivity contribution in [2.45, 2.75) is 36.5 Å². The monoisotopic (exact) mass is 250 g/mol. The van der Waals surface area contributed by atoms with Crippen molar-refractivity contribution in [1.82, 2.24) is 5.06 Å². The standard InChI is InChI=1S/C13H18N2OS/c1-13(2,3)15(16)10-12(9-14)17-11-7-5-4-6-8-11/h4-8,12,16H,10H2,1-3H3. The molecule has 1 aromatic carbocycles. The predicted octanol–water partition coefficient (Wildman–Crippen LogP) is 3.16. The highest BCUT2D eigenvalue weighted by Crippen LogP contribution is 2.24. The lowest BCUT2D eigenvalue weighted by Crippen LogP contribution is -2.42. The van der Waals surface area contributed by atoms with Gasteiger partial charge in [-0.3, -0.25) is 0 Å². The molecule has 0 bridgehead atoms. The van der Waals surface area contributed by atoms with Gasteiger partial charge in [0.1, 0.15) is 5.25 Å². The van der Waals surface area contributed by atoms with E-state index in [2.05, 4.69) is 6.07 Å². The maximum absolute atomic E-state index is 9.83. The van der Waals surface area contributed by atoms with E-state index in [9.17, 15) is 5.21 Å². The quantitative estimate of drug-likeness (QED) is 0.658. The SMILES string of the molecule is CC(C)(C)N(O)CC(C#N)Sc1ccccc1. The van der Waals surface area contributed by atoms with E-state index in [0.717, 1.165) is 4.90 Å². The van der Waals surface area contributed by atoms with Gasteiger partial charge >= 0.3 is 0 Å². The second kappa shape index (κ2) is 6.06. The zero-order valence-electron chi connectivity index (χ0n) is 10.4. The molecule has 0 spiro atoms. The van der Waals surface area contributed by atoms with E-state index >= 15 is 0 Å². The molecule has 0 saturated carbocycles. The lowest BCUT2D eigenvalue weighted by molar-refractivity contribution is -0.153. The molecule has 0 saturated heterocycles. The minimum absolute atomic E-state index is 0.276. The summed E-state index contributed by atoms with van der Waals surface area (Å²) >= 11 is 1.47. The zero-order chi connectivity index (χ0) is 12.9. The molecule has 0 fully saturated rings. The average molecular weight is 250 g/mol. The van der Waals surface area contributed by atoms with Crippen LogP contribution >= 0.6 is 11.8 Å². The molecule has 1 N–H and O–H groups in total. The molecule has 0 radical (unpaired) electrons. The van der Waals surface area contributed by atoms with Crippen molar-refractivity contribution in [1.29, 1.82) is 5.26 Å². The second-order valence-corrected chi connectivity index (χ2v) is 6.08. The molecule has 0 amide bonds. The normalized spacial score (nSPS) is 13.4. The van der Waals surface area contributed by atoms with Gasteiger partial charge < -0.3 is 5.21 Å². The van der Waals surface area contributed by atoms with Crippen LogP contribution in [-0.2, 0) is 0 Å². The lowest BCUT2D eigenvalue weighted by Gasteiger charge is -2.30. The highest BCUT2D eigenvalue weighted by Gasteiger charge is 2.23. The zero-order valence-corrected chi connectivity index (χ0v) is 11.2. The molecule has 1 unspecified atom stereocenters. The number of thioether (sulfide) groups is 1. The van der Waals surface area contributed by atoms with Crippen molar-refractivity contribution in [3.8, 4) is 6.07 Å². The molecular weight excluding hydrogens is 232 g/mol. The Bertz CT molecular complexity index is 381. The van der Waals surface area contributed by atoms with Crippen molar-refractivity contribution in [2.24, 2.45) is 0 Å². The predicted molar refractivity (Wildman–Crippen MR) is 69.9 cm³/mol.